The highest BCUT2D eigenvalue weighted by molar-refractivity contribution is 7.89. The fourth-order valence-corrected chi connectivity index (χ4v) is 5.47. The van der Waals surface area contributed by atoms with Crippen molar-refractivity contribution < 1.29 is 22.7 Å². The Kier molecular flexibility index (Phi) is 8.38. The van der Waals surface area contributed by atoms with E-state index in [9.17, 15) is 18.0 Å². The predicted octanol–water partition coefficient (Wildman–Crippen LogP) is 1.56. The van der Waals surface area contributed by atoms with Crippen LogP contribution < -0.4 is 15.4 Å². The maximum Gasteiger partial charge on any atom is 0.241 e. The number of nitrogens with zero attached hydrogens (tertiary/aromatic N) is 1. The van der Waals surface area contributed by atoms with Crippen molar-refractivity contribution in [3.63, 3.8) is 0 Å². The Morgan fingerprint density at radius 1 is 1.16 bits per heavy atom. The Bertz CT molecular complexity index is 1000. The van der Waals surface area contributed by atoms with Gasteiger partial charge in [0.1, 0.15) is 0 Å². The monoisotopic (exact) mass is 480 g/mol. The van der Waals surface area contributed by atoms with E-state index in [0.717, 1.165) is 18.0 Å². The van der Waals surface area contributed by atoms with Crippen LogP contribution >= 0.6 is 11.3 Å². The van der Waals surface area contributed by atoms with Crippen LogP contribution in [0.3, 0.4) is 0 Å². The summed E-state index contributed by atoms with van der Waals surface area (Å²) in [6.45, 7) is 6.09. The van der Waals surface area contributed by atoms with Crippen molar-refractivity contribution in [3.05, 3.63) is 46.7 Å². The highest BCUT2D eigenvalue weighted by Crippen LogP contribution is 2.25. The number of hydrogen-bond acceptors (Lipinski definition) is 7. The first-order chi connectivity index (χ1) is 15.3. The molecule has 1 saturated heterocycles. The number of sulfonamides is 1. The average Bonchev–Trinajstić information content (AvgIpc) is 3.29. The summed E-state index contributed by atoms with van der Waals surface area (Å²) in [6, 6.07) is 8.81. The molecular weight excluding hydrogens is 452 g/mol. The molecule has 3 N–H and O–H groups in total. The lowest BCUT2D eigenvalue weighted by molar-refractivity contribution is -0.122. The molecule has 1 aliphatic rings. The van der Waals surface area contributed by atoms with Crippen molar-refractivity contribution >= 4 is 38.9 Å². The van der Waals surface area contributed by atoms with Crippen molar-refractivity contribution in [3.8, 4) is 0 Å². The molecule has 2 heterocycles. The van der Waals surface area contributed by atoms with E-state index in [0.29, 0.717) is 25.4 Å². The van der Waals surface area contributed by atoms with Gasteiger partial charge in [-0.05, 0) is 42.6 Å². The summed E-state index contributed by atoms with van der Waals surface area (Å²) in [6.07, 6.45) is 0. The summed E-state index contributed by atoms with van der Waals surface area (Å²) in [5, 5.41) is 7.46. The van der Waals surface area contributed by atoms with E-state index in [4.69, 9.17) is 4.74 Å². The Morgan fingerprint density at radius 2 is 1.84 bits per heavy atom. The van der Waals surface area contributed by atoms with E-state index in [1.807, 2.05) is 17.5 Å². The zero-order chi connectivity index (χ0) is 23.1. The number of ether oxygens (including phenoxy) is 1. The lowest BCUT2D eigenvalue weighted by Gasteiger charge is -2.34. The van der Waals surface area contributed by atoms with Crippen molar-refractivity contribution in [2.45, 2.75) is 30.8 Å². The molecule has 1 fully saturated rings. The summed E-state index contributed by atoms with van der Waals surface area (Å²) in [4.78, 5) is 27.2. The first-order valence-electron chi connectivity index (χ1n) is 10.3. The number of amides is 2. The minimum atomic E-state index is -3.90. The van der Waals surface area contributed by atoms with E-state index in [2.05, 4.69) is 20.3 Å². The molecule has 11 heteroatoms. The number of anilines is 1. The van der Waals surface area contributed by atoms with Crippen molar-refractivity contribution in [2.24, 2.45) is 0 Å². The standard InChI is InChI=1S/C21H28N4O5S2/c1-15(24-32(28,29)18-7-5-17(6-8-18)23-16(2)26)21(27)22-14-19(20-4-3-13-31-20)25-9-11-30-12-10-25/h3-8,13,15,19,24H,9-12,14H2,1-2H3,(H,22,27)(H,23,26)/t15-,19?/m0/s1. The maximum atomic E-state index is 12.7. The molecule has 0 radical (unpaired) electrons. The number of thiophene rings is 1. The quantitative estimate of drug-likeness (QED) is 0.502. The van der Waals surface area contributed by atoms with E-state index >= 15 is 0 Å². The molecule has 0 aliphatic carbocycles. The fourth-order valence-electron chi connectivity index (χ4n) is 3.40. The molecule has 0 saturated carbocycles. The van der Waals surface area contributed by atoms with Gasteiger partial charge in [0.25, 0.3) is 0 Å². The largest absolute Gasteiger partial charge is 0.379 e. The predicted molar refractivity (Wildman–Crippen MR) is 123 cm³/mol. The minimum Gasteiger partial charge on any atom is -0.379 e. The second-order valence-electron chi connectivity index (χ2n) is 7.47. The number of rotatable bonds is 9. The number of carbonyl (C=O) groups excluding carboxylic acids is 2. The molecule has 1 aromatic heterocycles. The van der Waals surface area contributed by atoms with Crippen LogP contribution in [0.15, 0.2) is 46.7 Å². The molecule has 2 amide bonds. The smallest absolute Gasteiger partial charge is 0.241 e. The molecule has 0 spiro atoms. The minimum absolute atomic E-state index is 0.00739. The van der Waals surface area contributed by atoms with E-state index in [-0.39, 0.29) is 16.8 Å². The topological polar surface area (TPSA) is 117 Å². The SMILES string of the molecule is CC(=O)Nc1ccc(S(=O)(=O)N[C@@H](C)C(=O)NCC(c2cccs2)N2CCOCC2)cc1. The summed E-state index contributed by atoms with van der Waals surface area (Å²) >= 11 is 1.63. The summed E-state index contributed by atoms with van der Waals surface area (Å²) < 4.78 is 33.2. The van der Waals surface area contributed by atoms with Gasteiger partial charge >= 0.3 is 0 Å². The highest BCUT2D eigenvalue weighted by Gasteiger charge is 2.26. The molecular formula is C21H28N4O5S2. The lowest BCUT2D eigenvalue weighted by atomic mass is 10.2. The second-order valence-corrected chi connectivity index (χ2v) is 10.2. The summed E-state index contributed by atoms with van der Waals surface area (Å²) in [7, 11) is -3.90. The van der Waals surface area contributed by atoms with Crippen LogP contribution in [0, 0.1) is 0 Å². The van der Waals surface area contributed by atoms with E-state index in [1.165, 1.54) is 38.1 Å². The molecule has 174 valence electrons. The van der Waals surface area contributed by atoms with E-state index in [1.54, 1.807) is 11.3 Å². The molecule has 3 rings (SSSR count). The average molecular weight is 481 g/mol. The van der Waals surface area contributed by atoms with Gasteiger partial charge in [-0.15, -0.1) is 11.3 Å². The number of nitrogens with one attached hydrogen (secondary N) is 3. The molecule has 2 atom stereocenters. The van der Waals surface area contributed by atoms with Crippen molar-refractivity contribution in [1.29, 1.82) is 0 Å². The summed E-state index contributed by atoms with van der Waals surface area (Å²) in [5.41, 5.74) is 0.491. The van der Waals surface area contributed by atoms with Gasteiger partial charge in [-0.3, -0.25) is 14.5 Å². The van der Waals surface area contributed by atoms with Gasteiger partial charge in [0, 0.05) is 37.1 Å². The van der Waals surface area contributed by atoms with Crippen LogP contribution in [-0.4, -0.2) is 64.0 Å². The molecule has 2 aromatic rings. The zero-order valence-electron chi connectivity index (χ0n) is 18.0. The zero-order valence-corrected chi connectivity index (χ0v) is 19.7. The van der Waals surface area contributed by atoms with Crippen molar-refractivity contribution in [2.75, 3.05) is 38.2 Å². The van der Waals surface area contributed by atoms with Crippen molar-refractivity contribution in [1.82, 2.24) is 14.9 Å². The van der Waals surface area contributed by atoms with Crippen LogP contribution in [0.25, 0.3) is 0 Å². The van der Waals surface area contributed by atoms with Crippen LogP contribution in [0.5, 0.6) is 0 Å². The second kappa shape index (κ2) is 11.0. The van der Waals surface area contributed by atoms with Gasteiger partial charge in [0.15, 0.2) is 0 Å². The van der Waals surface area contributed by atoms with Crippen LogP contribution in [-0.2, 0) is 24.3 Å². The third-order valence-corrected chi connectivity index (χ3v) is 7.57. The van der Waals surface area contributed by atoms with Gasteiger partial charge in [-0.2, -0.15) is 4.72 Å². The van der Waals surface area contributed by atoms with Gasteiger partial charge in [-0.1, -0.05) is 6.07 Å². The Labute approximate surface area is 192 Å². The van der Waals surface area contributed by atoms with Crippen LogP contribution in [0.2, 0.25) is 0 Å². The summed E-state index contributed by atoms with van der Waals surface area (Å²) in [5.74, 6) is -0.653. The van der Waals surface area contributed by atoms with Crippen LogP contribution in [0.4, 0.5) is 5.69 Å². The molecule has 1 unspecified atom stereocenters. The fraction of sp³-hybridized carbons (Fsp3) is 0.429. The maximum absolute atomic E-state index is 12.7. The molecule has 9 nitrogen and oxygen atoms in total. The molecule has 32 heavy (non-hydrogen) atoms. The lowest BCUT2D eigenvalue weighted by Crippen LogP contribution is -2.48. The van der Waals surface area contributed by atoms with Gasteiger partial charge < -0.3 is 15.4 Å². The van der Waals surface area contributed by atoms with Gasteiger partial charge in [0.05, 0.1) is 30.2 Å². The van der Waals surface area contributed by atoms with Crippen LogP contribution in [0.1, 0.15) is 24.8 Å². The molecule has 1 aliphatic heterocycles. The Balaban J connectivity index is 1.59. The first kappa shape index (κ1) is 24.3. The molecule has 1 aromatic carbocycles. The van der Waals surface area contributed by atoms with E-state index < -0.39 is 22.0 Å². The highest BCUT2D eigenvalue weighted by atomic mass is 32.2. The number of morpholine rings is 1. The normalized spacial score (nSPS) is 16.8. The number of benzene rings is 1. The Morgan fingerprint density at radius 3 is 2.44 bits per heavy atom. The third-order valence-electron chi connectivity index (χ3n) is 5.04. The first-order valence-corrected chi connectivity index (χ1v) is 12.7. The van der Waals surface area contributed by atoms with Gasteiger partial charge in [-0.25, -0.2) is 8.42 Å². The number of hydrogen-bond donors (Lipinski definition) is 3. The molecule has 0 bridgehead atoms. The van der Waals surface area contributed by atoms with Gasteiger partial charge in [0.2, 0.25) is 21.8 Å². The third kappa shape index (κ3) is 6.59. The number of carbonyl (C=O) groups is 2. The Hall–Kier alpha value is -2.31.